The number of nitrogens with two attached hydrogens (primary N) is 1. The number of rotatable bonds is 1. The maximum atomic E-state index is 6.41. The molecule has 0 radical (unpaired) electrons. The molecule has 2 N–H and O–H groups in total. The highest BCUT2D eigenvalue weighted by atomic mass is 15.1. The molecule has 0 saturated heterocycles. The van der Waals surface area contributed by atoms with Crippen LogP contribution in [0.4, 0.5) is 5.69 Å². The average molecular weight is 290 g/mol. The molecule has 0 atom stereocenters. The van der Waals surface area contributed by atoms with Crippen molar-refractivity contribution >= 4 is 22.5 Å². The normalized spacial score (nSPS) is 11.6. The zero-order chi connectivity index (χ0) is 15.4. The predicted molar refractivity (Wildman–Crippen MR) is 90.6 cm³/mol. The Labute approximate surface area is 128 Å². The number of hydrogen-bond acceptors (Lipinski definition) is 2. The van der Waals surface area contributed by atoms with Crippen molar-refractivity contribution in [2.45, 2.75) is 20.8 Å². The van der Waals surface area contributed by atoms with Crippen molar-refractivity contribution in [2.24, 2.45) is 0 Å². The topological polar surface area (TPSA) is 48.2 Å². The van der Waals surface area contributed by atoms with Gasteiger partial charge in [0.05, 0.1) is 11.4 Å². The Morgan fingerprint density at radius 2 is 1.68 bits per heavy atom. The minimum atomic E-state index is 0.788. The highest BCUT2D eigenvalue weighted by Gasteiger charge is 2.20. The summed E-state index contributed by atoms with van der Waals surface area (Å²) in [4.78, 5) is 4.80. The van der Waals surface area contributed by atoms with E-state index in [-0.39, 0.29) is 0 Å². The monoisotopic (exact) mass is 290 g/mol. The molecule has 0 aliphatic heterocycles. The van der Waals surface area contributed by atoms with E-state index in [4.69, 9.17) is 10.7 Å². The van der Waals surface area contributed by atoms with Gasteiger partial charge < -0.3 is 5.73 Å². The fourth-order valence-electron chi connectivity index (χ4n) is 3.27. The number of benzene rings is 1. The van der Waals surface area contributed by atoms with Crippen molar-refractivity contribution in [3.05, 3.63) is 59.4 Å². The Bertz CT molecular complexity index is 1000. The largest absolute Gasteiger partial charge is 0.395 e. The van der Waals surface area contributed by atoms with E-state index < -0.39 is 0 Å². The Kier molecular flexibility index (Phi) is 2.57. The number of imidazole rings is 1. The van der Waals surface area contributed by atoms with Crippen LogP contribution in [-0.4, -0.2) is 14.0 Å². The van der Waals surface area contributed by atoms with Gasteiger partial charge in [-0.2, -0.15) is 0 Å². The van der Waals surface area contributed by atoms with E-state index in [1.807, 2.05) is 24.4 Å². The van der Waals surface area contributed by atoms with Gasteiger partial charge in [-0.25, -0.2) is 4.98 Å². The van der Waals surface area contributed by atoms with Crippen LogP contribution in [0.3, 0.4) is 0 Å². The lowest BCUT2D eigenvalue weighted by atomic mass is 10.1. The molecule has 0 fully saturated rings. The van der Waals surface area contributed by atoms with Gasteiger partial charge in [0.15, 0.2) is 5.65 Å². The molecule has 1 aromatic carbocycles. The van der Waals surface area contributed by atoms with E-state index in [0.29, 0.717) is 0 Å². The van der Waals surface area contributed by atoms with Crippen LogP contribution in [-0.2, 0) is 0 Å². The number of nitrogens with zero attached hydrogens (tertiary/aromatic N) is 3. The van der Waals surface area contributed by atoms with Gasteiger partial charge in [-0.1, -0.05) is 24.3 Å². The molecule has 0 bridgehead atoms. The van der Waals surface area contributed by atoms with Crippen LogP contribution in [0, 0.1) is 20.8 Å². The molecule has 22 heavy (non-hydrogen) atoms. The zero-order valence-corrected chi connectivity index (χ0v) is 13.0. The molecule has 0 saturated carbocycles. The van der Waals surface area contributed by atoms with E-state index in [9.17, 15) is 0 Å². The van der Waals surface area contributed by atoms with Crippen LogP contribution in [0.15, 0.2) is 42.6 Å². The maximum absolute atomic E-state index is 6.41. The summed E-state index contributed by atoms with van der Waals surface area (Å²) in [5, 5.41) is 0. The second-order valence-corrected chi connectivity index (χ2v) is 5.79. The predicted octanol–water partition coefficient (Wildman–Crippen LogP) is 3.79. The highest BCUT2D eigenvalue weighted by Crippen LogP contribution is 2.33. The van der Waals surface area contributed by atoms with E-state index in [1.54, 1.807) is 0 Å². The summed E-state index contributed by atoms with van der Waals surface area (Å²) in [5.41, 5.74) is 14.7. The van der Waals surface area contributed by atoms with Crippen molar-refractivity contribution in [1.82, 2.24) is 14.0 Å². The van der Waals surface area contributed by atoms with Crippen molar-refractivity contribution in [3.63, 3.8) is 0 Å². The third kappa shape index (κ3) is 1.55. The molecule has 3 heterocycles. The van der Waals surface area contributed by atoms with Gasteiger partial charge in [0.1, 0.15) is 11.2 Å². The minimum absolute atomic E-state index is 0.788. The van der Waals surface area contributed by atoms with Gasteiger partial charge >= 0.3 is 0 Å². The third-order valence-corrected chi connectivity index (χ3v) is 4.37. The summed E-state index contributed by atoms with van der Waals surface area (Å²) in [6.45, 7) is 6.30. The number of hydrogen-bond donors (Lipinski definition) is 1. The highest BCUT2D eigenvalue weighted by molar-refractivity contribution is 5.93. The van der Waals surface area contributed by atoms with Crippen molar-refractivity contribution in [3.8, 4) is 5.69 Å². The van der Waals surface area contributed by atoms with Crippen LogP contribution in [0.5, 0.6) is 0 Å². The Balaban J connectivity index is 2.21. The fourth-order valence-corrected chi connectivity index (χ4v) is 3.27. The van der Waals surface area contributed by atoms with Crippen LogP contribution in [0.1, 0.15) is 16.8 Å². The van der Waals surface area contributed by atoms with Gasteiger partial charge in [-0.3, -0.25) is 8.97 Å². The minimum Gasteiger partial charge on any atom is -0.395 e. The first-order valence-electron chi connectivity index (χ1n) is 7.39. The number of aryl methyl sites for hydroxylation is 2. The molecule has 4 nitrogen and oxygen atoms in total. The molecule has 0 amide bonds. The SMILES string of the molecule is Cc1cccc(C)c1-n1c(C)c(N)c2c1nc1ccccn12. The first kappa shape index (κ1) is 13.0. The van der Waals surface area contributed by atoms with Crippen molar-refractivity contribution in [1.29, 1.82) is 0 Å². The van der Waals surface area contributed by atoms with Gasteiger partial charge in [-0.15, -0.1) is 0 Å². The number of aromatic nitrogens is 3. The Hall–Kier alpha value is -2.75. The van der Waals surface area contributed by atoms with Gasteiger partial charge in [-0.05, 0) is 44.0 Å². The van der Waals surface area contributed by atoms with Gasteiger partial charge in [0, 0.05) is 11.9 Å². The second kappa shape index (κ2) is 4.37. The van der Waals surface area contributed by atoms with E-state index >= 15 is 0 Å². The average Bonchev–Trinajstić information content (AvgIpc) is 2.98. The number of fused-ring (bicyclic) bond motifs is 3. The Morgan fingerprint density at radius 3 is 2.41 bits per heavy atom. The molecule has 4 heteroatoms. The molecule has 3 aromatic heterocycles. The lowest BCUT2D eigenvalue weighted by Gasteiger charge is -2.13. The third-order valence-electron chi connectivity index (χ3n) is 4.37. The van der Waals surface area contributed by atoms with Crippen LogP contribution >= 0.6 is 0 Å². The second-order valence-electron chi connectivity index (χ2n) is 5.79. The van der Waals surface area contributed by atoms with E-state index in [2.05, 4.69) is 47.9 Å². The molecule has 110 valence electrons. The standard InChI is InChI=1S/C18H18N4/c1-11-7-6-8-12(2)16(11)22-13(3)15(19)17-18(22)20-14-9-4-5-10-21(14)17/h4-10H,19H2,1-3H3. The molecule has 4 aromatic rings. The van der Waals surface area contributed by atoms with Crippen molar-refractivity contribution < 1.29 is 0 Å². The molecule has 0 aliphatic rings. The van der Waals surface area contributed by atoms with Gasteiger partial charge in [0.25, 0.3) is 0 Å². The summed E-state index contributed by atoms with van der Waals surface area (Å²) in [6, 6.07) is 12.3. The molecular weight excluding hydrogens is 272 g/mol. The summed E-state index contributed by atoms with van der Waals surface area (Å²) < 4.78 is 4.24. The number of anilines is 1. The first-order chi connectivity index (χ1) is 10.6. The molecule has 0 spiro atoms. The lowest BCUT2D eigenvalue weighted by molar-refractivity contribution is 1.01. The van der Waals surface area contributed by atoms with E-state index in [1.165, 1.54) is 16.8 Å². The number of para-hydroxylation sites is 1. The molecule has 4 rings (SSSR count). The summed E-state index contributed by atoms with van der Waals surface area (Å²) in [6.07, 6.45) is 2.01. The zero-order valence-electron chi connectivity index (χ0n) is 13.0. The Morgan fingerprint density at radius 1 is 0.955 bits per heavy atom. The summed E-state index contributed by atoms with van der Waals surface area (Å²) in [7, 11) is 0. The molecule has 0 unspecified atom stereocenters. The molecular formula is C18H18N4. The number of nitrogen functional groups attached to an aromatic ring is 1. The summed E-state index contributed by atoms with van der Waals surface area (Å²) in [5.74, 6) is 0. The van der Waals surface area contributed by atoms with E-state index in [0.717, 1.165) is 28.2 Å². The summed E-state index contributed by atoms with van der Waals surface area (Å²) >= 11 is 0. The number of pyridine rings is 1. The maximum Gasteiger partial charge on any atom is 0.166 e. The smallest absolute Gasteiger partial charge is 0.166 e. The molecule has 0 aliphatic carbocycles. The van der Waals surface area contributed by atoms with Crippen molar-refractivity contribution in [2.75, 3.05) is 5.73 Å². The van der Waals surface area contributed by atoms with Crippen LogP contribution in [0.2, 0.25) is 0 Å². The fraction of sp³-hybridized carbons (Fsp3) is 0.167. The quantitative estimate of drug-likeness (QED) is 0.580. The first-order valence-corrected chi connectivity index (χ1v) is 7.39. The van der Waals surface area contributed by atoms with Crippen LogP contribution in [0.25, 0.3) is 22.5 Å². The van der Waals surface area contributed by atoms with Crippen LogP contribution < -0.4 is 5.73 Å². The van der Waals surface area contributed by atoms with Gasteiger partial charge in [0.2, 0.25) is 0 Å². The lowest BCUT2D eigenvalue weighted by Crippen LogP contribution is -2.03.